The Morgan fingerprint density at radius 2 is 1.92 bits per heavy atom. The summed E-state index contributed by atoms with van der Waals surface area (Å²) in [5, 5.41) is 0. The van der Waals surface area contributed by atoms with E-state index in [1.165, 1.54) is 4.90 Å². The second-order valence-electron chi connectivity index (χ2n) is 6.55. The van der Waals surface area contributed by atoms with E-state index in [-0.39, 0.29) is 24.0 Å². The number of fused-ring (bicyclic) bond motifs is 1. The maximum absolute atomic E-state index is 11.9. The number of rotatable bonds is 4. The Morgan fingerprint density at radius 1 is 1.28 bits per heavy atom. The molecule has 0 aliphatic carbocycles. The second-order valence-corrected chi connectivity index (χ2v) is 6.55. The van der Waals surface area contributed by atoms with Gasteiger partial charge in [-0.25, -0.2) is 0 Å². The fraction of sp³-hybridized carbons (Fsp3) is 0.500. The number of nitrogens with two attached hydrogens (primary N) is 1. The van der Waals surface area contributed by atoms with Crippen LogP contribution in [0.4, 0.5) is 0 Å². The number of amides is 2. The van der Waals surface area contributed by atoms with Crippen LogP contribution in [-0.4, -0.2) is 41.9 Å². The van der Waals surface area contributed by atoms with Gasteiger partial charge in [-0.15, -0.1) is 0 Å². The van der Waals surface area contributed by atoms with E-state index in [0.717, 1.165) is 5.56 Å². The number of benzene rings is 1. The minimum Gasteiger partial charge on any atom is -0.496 e. The first kappa shape index (κ1) is 20.5. The largest absolute Gasteiger partial charge is 0.496 e. The van der Waals surface area contributed by atoms with Gasteiger partial charge < -0.3 is 20.1 Å². The lowest BCUT2D eigenvalue weighted by Crippen LogP contribution is -2.33. The van der Waals surface area contributed by atoms with Crippen molar-refractivity contribution in [1.82, 2.24) is 4.90 Å². The van der Waals surface area contributed by atoms with Crippen LogP contribution in [0.2, 0.25) is 0 Å². The summed E-state index contributed by atoms with van der Waals surface area (Å²) in [6.45, 7) is 7.69. The Kier molecular flexibility index (Phi) is 6.97. The lowest BCUT2D eigenvalue weighted by atomic mass is 10.1. The van der Waals surface area contributed by atoms with Crippen LogP contribution in [0, 0.1) is 0 Å². The van der Waals surface area contributed by atoms with Crippen molar-refractivity contribution in [2.75, 3.05) is 13.7 Å². The van der Waals surface area contributed by atoms with Gasteiger partial charge in [0.1, 0.15) is 11.4 Å². The maximum Gasteiger partial charge on any atom is 0.306 e. The number of hydrogen-bond acceptors (Lipinski definition) is 5. The summed E-state index contributed by atoms with van der Waals surface area (Å²) < 4.78 is 10.1. The lowest BCUT2D eigenvalue weighted by Gasteiger charge is -2.18. The molecule has 0 fully saturated rings. The summed E-state index contributed by atoms with van der Waals surface area (Å²) in [4.78, 5) is 34.7. The highest BCUT2D eigenvalue weighted by Crippen LogP contribution is 2.30. The molecule has 7 nitrogen and oxygen atoms in total. The molecule has 2 rings (SSSR count). The quantitative estimate of drug-likeness (QED) is 0.836. The summed E-state index contributed by atoms with van der Waals surface area (Å²) in [7, 11) is 1.55. The molecule has 1 aromatic carbocycles. The number of hydrogen-bond donors (Lipinski definition) is 1. The molecule has 0 radical (unpaired) electrons. The highest BCUT2D eigenvalue weighted by molar-refractivity contribution is 6.00. The summed E-state index contributed by atoms with van der Waals surface area (Å²) in [6.07, 6.45) is 0.456. The molecule has 138 valence electrons. The first-order valence-corrected chi connectivity index (χ1v) is 8.04. The molecule has 0 atom stereocenters. The number of primary amides is 1. The molecule has 2 N–H and O–H groups in total. The molecular formula is C18H26N2O5. The molecular weight excluding hydrogens is 324 g/mol. The first-order chi connectivity index (χ1) is 11.6. The van der Waals surface area contributed by atoms with Crippen LogP contribution in [0.15, 0.2) is 18.2 Å². The average Bonchev–Trinajstić information content (AvgIpc) is 2.82. The standard InChI is InChI=1S/C11H12N2O3.C7H14O2/c1-16-9-4-2-3-7-8(9)5-13(11(7)15)6-10(12)14;1-5-6(8)9-7(2,3)4/h2-4H,5-6H2,1H3,(H2,12,14);5H2,1-4H3. The van der Waals surface area contributed by atoms with Gasteiger partial charge in [-0.3, -0.25) is 14.4 Å². The highest BCUT2D eigenvalue weighted by Gasteiger charge is 2.30. The zero-order valence-corrected chi connectivity index (χ0v) is 15.4. The molecule has 1 aliphatic rings. The summed E-state index contributed by atoms with van der Waals surface area (Å²) >= 11 is 0. The van der Waals surface area contributed by atoms with Gasteiger partial charge in [0.15, 0.2) is 0 Å². The van der Waals surface area contributed by atoms with Crippen LogP contribution in [0.25, 0.3) is 0 Å². The molecule has 7 heteroatoms. The van der Waals surface area contributed by atoms with Gasteiger partial charge >= 0.3 is 5.97 Å². The zero-order valence-electron chi connectivity index (χ0n) is 15.4. The van der Waals surface area contributed by atoms with Gasteiger partial charge in [-0.1, -0.05) is 13.0 Å². The fourth-order valence-electron chi connectivity index (χ4n) is 2.28. The number of carbonyl (C=O) groups excluding carboxylic acids is 3. The van der Waals surface area contributed by atoms with Crippen LogP contribution in [-0.2, 0) is 20.9 Å². The molecule has 1 heterocycles. The average molecular weight is 350 g/mol. The van der Waals surface area contributed by atoms with Crippen molar-refractivity contribution in [2.45, 2.75) is 46.3 Å². The number of methoxy groups -OCH3 is 1. The summed E-state index contributed by atoms with van der Waals surface area (Å²) in [6, 6.07) is 5.27. The van der Waals surface area contributed by atoms with E-state index in [9.17, 15) is 14.4 Å². The van der Waals surface area contributed by atoms with Gasteiger partial charge in [0.2, 0.25) is 5.91 Å². The predicted octanol–water partition coefficient (Wildman–Crippen LogP) is 1.87. The fourth-order valence-corrected chi connectivity index (χ4v) is 2.28. The molecule has 1 aliphatic heterocycles. The first-order valence-electron chi connectivity index (χ1n) is 8.04. The Hall–Kier alpha value is -2.57. The third-order valence-electron chi connectivity index (χ3n) is 3.27. The normalized spacial score (nSPS) is 12.8. The number of carbonyl (C=O) groups is 3. The molecule has 0 unspecified atom stereocenters. The van der Waals surface area contributed by atoms with Crippen LogP contribution < -0.4 is 10.5 Å². The molecule has 0 aromatic heterocycles. The Bertz CT molecular complexity index is 649. The number of ether oxygens (including phenoxy) is 2. The van der Waals surface area contributed by atoms with Gasteiger partial charge in [0.05, 0.1) is 20.2 Å². The van der Waals surface area contributed by atoms with E-state index < -0.39 is 5.91 Å². The second kappa shape index (κ2) is 8.50. The topological polar surface area (TPSA) is 98.9 Å². The molecule has 0 spiro atoms. The number of nitrogens with zero attached hydrogens (tertiary/aromatic N) is 1. The molecule has 1 aromatic rings. The molecule has 2 amide bonds. The van der Waals surface area contributed by atoms with Crippen molar-refractivity contribution < 1.29 is 23.9 Å². The van der Waals surface area contributed by atoms with Gasteiger partial charge in [-0.05, 0) is 32.9 Å². The van der Waals surface area contributed by atoms with E-state index >= 15 is 0 Å². The van der Waals surface area contributed by atoms with Crippen molar-refractivity contribution in [3.8, 4) is 5.75 Å². The van der Waals surface area contributed by atoms with Crippen molar-refractivity contribution in [1.29, 1.82) is 0 Å². The Labute approximate surface area is 148 Å². The van der Waals surface area contributed by atoms with Gasteiger partial charge in [0, 0.05) is 17.5 Å². The van der Waals surface area contributed by atoms with Crippen LogP contribution >= 0.6 is 0 Å². The Morgan fingerprint density at radius 3 is 2.36 bits per heavy atom. The molecule has 25 heavy (non-hydrogen) atoms. The highest BCUT2D eigenvalue weighted by atomic mass is 16.6. The van der Waals surface area contributed by atoms with Crippen LogP contribution in [0.3, 0.4) is 0 Å². The maximum atomic E-state index is 11.9. The van der Waals surface area contributed by atoms with Crippen LogP contribution in [0.1, 0.15) is 50.0 Å². The third kappa shape index (κ3) is 6.10. The predicted molar refractivity (Wildman–Crippen MR) is 93.1 cm³/mol. The third-order valence-corrected chi connectivity index (χ3v) is 3.27. The minimum atomic E-state index is -0.514. The lowest BCUT2D eigenvalue weighted by molar-refractivity contribution is -0.154. The van der Waals surface area contributed by atoms with Crippen LogP contribution in [0.5, 0.6) is 5.75 Å². The van der Waals surface area contributed by atoms with E-state index in [1.54, 1.807) is 32.2 Å². The minimum absolute atomic E-state index is 0.0589. The van der Waals surface area contributed by atoms with E-state index in [1.807, 2.05) is 20.8 Å². The van der Waals surface area contributed by atoms with Crippen molar-refractivity contribution in [3.63, 3.8) is 0 Å². The van der Waals surface area contributed by atoms with Crippen molar-refractivity contribution >= 4 is 17.8 Å². The van der Waals surface area contributed by atoms with Gasteiger partial charge in [0.25, 0.3) is 5.91 Å². The molecule has 0 saturated heterocycles. The molecule has 0 saturated carbocycles. The molecule has 0 bridgehead atoms. The SMILES string of the molecule is CCC(=O)OC(C)(C)C.COc1cccc2c1CN(CC(N)=O)C2=O. The Balaban J connectivity index is 0.000000299. The van der Waals surface area contributed by atoms with E-state index in [0.29, 0.717) is 24.3 Å². The van der Waals surface area contributed by atoms with Crippen molar-refractivity contribution in [2.24, 2.45) is 5.73 Å². The smallest absolute Gasteiger partial charge is 0.306 e. The zero-order chi connectivity index (χ0) is 19.2. The van der Waals surface area contributed by atoms with E-state index in [2.05, 4.69) is 0 Å². The van der Waals surface area contributed by atoms with Crippen molar-refractivity contribution in [3.05, 3.63) is 29.3 Å². The summed E-state index contributed by atoms with van der Waals surface area (Å²) in [5.74, 6) is -0.159. The van der Waals surface area contributed by atoms with Gasteiger partial charge in [-0.2, -0.15) is 0 Å². The van der Waals surface area contributed by atoms with E-state index in [4.69, 9.17) is 15.2 Å². The monoisotopic (exact) mass is 350 g/mol. The summed E-state index contributed by atoms with van der Waals surface area (Å²) in [5.41, 5.74) is 6.15. The number of esters is 1.